The average Bonchev–Trinajstić information content (AvgIpc) is 2.76. The fraction of sp³-hybridized carbons (Fsp3) is 0.556. The van der Waals surface area contributed by atoms with Gasteiger partial charge in [-0.05, 0) is 30.5 Å². The summed E-state index contributed by atoms with van der Waals surface area (Å²) < 4.78 is 37.9. The van der Waals surface area contributed by atoms with Gasteiger partial charge in [0.1, 0.15) is 5.54 Å². The van der Waals surface area contributed by atoms with Crippen LogP contribution in [0.4, 0.5) is 18.0 Å². The molecule has 2 aliphatic rings. The van der Waals surface area contributed by atoms with Gasteiger partial charge in [0.15, 0.2) is 0 Å². The summed E-state index contributed by atoms with van der Waals surface area (Å²) in [7, 11) is 0. The van der Waals surface area contributed by atoms with E-state index in [2.05, 4.69) is 5.32 Å². The normalized spacial score (nSPS) is 21.2. The third-order valence-corrected chi connectivity index (χ3v) is 5.07. The lowest BCUT2D eigenvalue weighted by atomic mass is 9.84. The van der Waals surface area contributed by atoms with Crippen LogP contribution < -0.4 is 5.32 Å². The number of benzene rings is 1. The van der Waals surface area contributed by atoms with Crippen LogP contribution in [0.5, 0.6) is 0 Å². The molecule has 1 aromatic carbocycles. The number of carbonyl (C=O) groups excluding carboxylic acids is 2. The molecule has 0 bridgehead atoms. The summed E-state index contributed by atoms with van der Waals surface area (Å²) in [6, 6.07) is 4.11. The average molecular weight is 354 g/mol. The van der Waals surface area contributed by atoms with Crippen molar-refractivity contribution < 1.29 is 22.8 Å². The maximum atomic E-state index is 12.9. The maximum Gasteiger partial charge on any atom is 0.416 e. The highest BCUT2D eigenvalue weighted by atomic mass is 19.4. The van der Waals surface area contributed by atoms with Crippen molar-refractivity contribution >= 4 is 11.9 Å². The molecular weight excluding hydrogens is 333 g/mol. The SMILES string of the molecule is O=C1NC2(CCCCCCC2)C(=O)N1Cc1ccc(C(F)(F)F)cc1. The van der Waals surface area contributed by atoms with Crippen LogP contribution in [0.2, 0.25) is 0 Å². The summed E-state index contributed by atoms with van der Waals surface area (Å²) in [5.41, 5.74) is -1.08. The topological polar surface area (TPSA) is 49.4 Å². The van der Waals surface area contributed by atoms with E-state index in [0.29, 0.717) is 18.4 Å². The minimum Gasteiger partial charge on any atom is -0.323 e. The Kier molecular flexibility index (Phi) is 4.75. The Morgan fingerprint density at radius 3 is 2.08 bits per heavy atom. The van der Waals surface area contributed by atoms with E-state index in [1.807, 2.05) is 0 Å². The molecule has 0 unspecified atom stereocenters. The van der Waals surface area contributed by atoms with E-state index in [0.717, 1.165) is 49.1 Å². The van der Waals surface area contributed by atoms with Gasteiger partial charge in [-0.3, -0.25) is 9.69 Å². The number of imide groups is 1. The lowest BCUT2D eigenvalue weighted by Crippen LogP contribution is -2.47. The zero-order valence-corrected chi connectivity index (χ0v) is 13.9. The summed E-state index contributed by atoms with van der Waals surface area (Å²) in [5.74, 6) is -0.251. The zero-order valence-electron chi connectivity index (χ0n) is 13.9. The van der Waals surface area contributed by atoms with Gasteiger partial charge in [-0.1, -0.05) is 44.2 Å². The number of hydrogen-bond acceptors (Lipinski definition) is 2. The molecule has 1 aliphatic carbocycles. The van der Waals surface area contributed by atoms with Gasteiger partial charge < -0.3 is 5.32 Å². The van der Waals surface area contributed by atoms with Crippen LogP contribution in [0.25, 0.3) is 0 Å². The van der Waals surface area contributed by atoms with Gasteiger partial charge in [-0.2, -0.15) is 13.2 Å². The number of carbonyl (C=O) groups is 2. The first kappa shape index (κ1) is 17.8. The summed E-state index contributed by atoms with van der Waals surface area (Å²) >= 11 is 0. The van der Waals surface area contributed by atoms with E-state index in [1.165, 1.54) is 12.1 Å². The third-order valence-electron chi connectivity index (χ3n) is 5.07. The highest BCUT2D eigenvalue weighted by Gasteiger charge is 2.50. The Morgan fingerprint density at radius 1 is 0.960 bits per heavy atom. The number of hydrogen-bond donors (Lipinski definition) is 1. The van der Waals surface area contributed by atoms with Crippen molar-refractivity contribution in [3.8, 4) is 0 Å². The standard InChI is InChI=1S/C18H21F3N2O2/c19-18(20,21)14-8-6-13(7-9-14)12-23-15(24)17(22-16(23)25)10-4-2-1-3-5-11-17/h6-9H,1-5,10-12H2,(H,22,25). The van der Waals surface area contributed by atoms with Crippen molar-refractivity contribution in [2.75, 3.05) is 0 Å². The lowest BCUT2D eigenvalue weighted by molar-refractivity contribution is -0.137. The molecule has 0 aromatic heterocycles. The van der Waals surface area contributed by atoms with E-state index in [4.69, 9.17) is 0 Å². The number of urea groups is 1. The van der Waals surface area contributed by atoms with Gasteiger partial charge in [-0.15, -0.1) is 0 Å². The Labute approximate surface area is 144 Å². The molecule has 2 fully saturated rings. The van der Waals surface area contributed by atoms with Crippen LogP contribution in [0.15, 0.2) is 24.3 Å². The molecule has 1 saturated carbocycles. The van der Waals surface area contributed by atoms with Crippen molar-refractivity contribution in [1.29, 1.82) is 0 Å². The predicted octanol–water partition coefficient (Wildman–Crippen LogP) is 4.24. The molecule has 3 rings (SSSR count). The molecule has 0 atom stereocenters. The number of nitrogens with one attached hydrogen (secondary N) is 1. The predicted molar refractivity (Wildman–Crippen MR) is 85.6 cm³/mol. The molecule has 7 heteroatoms. The van der Waals surface area contributed by atoms with E-state index < -0.39 is 23.3 Å². The Balaban J connectivity index is 1.74. The van der Waals surface area contributed by atoms with Crippen molar-refractivity contribution in [1.82, 2.24) is 10.2 Å². The molecule has 4 nitrogen and oxygen atoms in total. The lowest BCUT2D eigenvalue weighted by Gasteiger charge is -2.28. The monoisotopic (exact) mass is 354 g/mol. The van der Waals surface area contributed by atoms with Crippen LogP contribution in [-0.2, 0) is 17.5 Å². The van der Waals surface area contributed by atoms with E-state index in [9.17, 15) is 22.8 Å². The Morgan fingerprint density at radius 2 is 1.52 bits per heavy atom. The molecule has 3 amide bonds. The highest BCUT2D eigenvalue weighted by molar-refractivity contribution is 6.06. The van der Waals surface area contributed by atoms with Crippen LogP contribution in [-0.4, -0.2) is 22.4 Å². The molecule has 1 aliphatic heterocycles. The van der Waals surface area contributed by atoms with Crippen molar-refractivity contribution in [3.63, 3.8) is 0 Å². The second-order valence-corrected chi connectivity index (χ2v) is 6.87. The summed E-state index contributed by atoms with van der Waals surface area (Å²) in [5, 5.41) is 2.85. The first-order valence-corrected chi connectivity index (χ1v) is 8.62. The second kappa shape index (κ2) is 6.69. The second-order valence-electron chi connectivity index (χ2n) is 6.87. The third kappa shape index (κ3) is 3.65. The fourth-order valence-electron chi connectivity index (χ4n) is 3.65. The van der Waals surface area contributed by atoms with Gasteiger partial charge >= 0.3 is 12.2 Å². The van der Waals surface area contributed by atoms with Crippen molar-refractivity contribution in [2.45, 2.75) is 63.2 Å². The molecule has 0 radical (unpaired) electrons. The smallest absolute Gasteiger partial charge is 0.323 e. The highest BCUT2D eigenvalue weighted by Crippen LogP contribution is 2.33. The zero-order chi connectivity index (χ0) is 18.1. The summed E-state index contributed by atoms with van der Waals surface area (Å²) in [6.45, 7) is -0.00937. The minimum atomic E-state index is -4.40. The van der Waals surface area contributed by atoms with E-state index in [-0.39, 0.29) is 12.5 Å². The van der Waals surface area contributed by atoms with Crippen molar-refractivity contribution in [2.24, 2.45) is 0 Å². The molecule has 1 heterocycles. The van der Waals surface area contributed by atoms with Gasteiger partial charge in [-0.25, -0.2) is 4.79 Å². The summed E-state index contributed by atoms with van der Waals surface area (Å²) in [6.07, 6.45) is 1.87. The summed E-state index contributed by atoms with van der Waals surface area (Å²) in [4.78, 5) is 26.3. The first-order valence-electron chi connectivity index (χ1n) is 8.62. The van der Waals surface area contributed by atoms with Gasteiger partial charge in [0, 0.05) is 0 Å². The molecule has 1 saturated heterocycles. The Bertz CT molecular complexity index is 647. The number of alkyl halides is 3. The van der Waals surface area contributed by atoms with Gasteiger partial charge in [0.2, 0.25) is 0 Å². The molecule has 1 N–H and O–H groups in total. The minimum absolute atomic E-state index is 0.00937. The number of rotatable bonds is 2. The quantitative estimate of drug-likeness (QED) is 0.808. The molecule has 25 heavy (non-hydrogen) atoms. The van der Waals surface area contributed by atoms with Crippen LogP contribution in [0.3, 0.4) is 0 Å². The maximum absolute atomic E-state index is 12.9. The largest absolute Gasteiger partial charge is 0.416 e. The fourth-order valence-corrected chi connectivity index (χ4v) is 3.65. The first-order chi connectivity index (χ1) is 11.8. The van der Waals surface area contributed by atoms with Gasteiger partial charge in [0.25, 0.3) is 5.91 Å². The van der Waals surface area contributed by atoms with Gasteiger partial charge in [0.05, 0.1) is 12.1 Å². The molecule has 136 valence electrons. The van der Waals surface area contributed by atoms with Crippen LogP contribution >= 0.6 is 0 Å². The van der Waals surface area contributed by atoms with Crippen LogP contribution in [0.1, 0.15) is 56.1 Å². The number of nitrogens with zero attached hydrogens (tertiary/aromatic N) is 1. The number of halogens is 3. The van der Waals surface area contributed by atoms with E-state index >= 15 is 0 Å². The van der Waals surface area contributed by atoms with Crippen molar-refractivity contribution in [3.05, 3.63) is 35.4 Å². The van der Waals surface area contributed by atoms with Crippen LogP contribution in [0, 0.1) is 0 Å². The number of amides is 3. The van der Waals surface area contributed by atoms with E-state index in [1.54, 1.807) is 0 Å². The Hall–Kier alpha value is -2.05. The molecule has 1 spiro atoms. The molecular formula is C18H21F3N2O2. The molecule has 1 aromatic rings.